The molecule has 0 fully saturated rings. The van der Waals surface area contributed by atoms with E-state index in [4.69, 9.17) is 0 Å². The van der Waals surface area contributed by atoms with Crippen LogP contribution < -0.4 is 5.32 Å². The minimum Gasteiger partial charge on any atom is -0.362 e. The molecule has 0 spiro atoms. The van der Waals surface area contributed by atoms with Crippen molar-refractivity contribution in [3.05, 3.63) is 27.9 Å². The van der Waals surface area contributed by atoms with Crippen molar-refractivity contribution in [1.82, 2.24) is 4.98 Å². The van der Waals surface area contributed by atoms with Gasteiger partial charge < -0.3 is 5.32 Å². The molecule has 0 radical (unpaired) electrons. The number of hydrogen-bond donors (Lipinski definition) is 1. The van der Waals surface area contributed by atoms with Crippen molar-refractivity contribution < 1.29 is 4.92 Å². The first-order valence-corrected chi connectivity index (χ1v) is 6.42. The molecule has 1 heterocycles. The lowest BCUT2D eigenvalue weighted by molar-refractivity contribution is -0.384. The van der Waals surface area contributed by atoms with Crippen LogP contribution in [-0.2, 0) is 0 Å². The first-order valence-electron chi connectivity index (χ1n) is 6.42. The minimum absolute atomic E-state index is 0.0531. The minimum atomic E-state index is -0.388. The molecular weight excluding hydrogens is 230 g/mol. The molecule has 1 aromatic rings. The largest absolute Gasteiger partial charge is 0.362 e. The van der Waals surface area contributed by atoms with Crippen molar-refractivity contribution in [1.29, 1.82) is 0 Å². The molecule has 1 rings (SSSR count). The number of anilines is 1. The van der Waals surface area contributed by atoms with E-state index in [1.54, 1.807) is 19.2 Å². The summed E-state index contributed by atoms with van der Waals surface area (Å²) in [6, 6.07) is 1.75. The number of rotatable bonds is 7. The number of nitrogens with one attached hydrogen (secondary N) is 1. The summed E-state index contributed by atoms with van der Waals surface area (Å²) in [4.78, 5) is 14.7. The van der Waals surface area contributed by atoms with Crippen molar-refractivity contribution in [2.75, 3.05) is 5.32 Å². The summed E-state index contributed by atoms with van der Waals surface area (Å²) in [5.41, 5.74) is 0.850. The zero-order valence-electron chi connectivity index (χ0n) is 11.3. The quantitative estimate of drug-likeness (QED) is 0.456. The van der Waals surface area contributed by atoms with Crippen LogP contribution in [0.25, 0.3) is 0 Å². The van der Waals surface area contributed by atoms with Gasteiger partial charge in [0.2, 0.25) is 5.82 Å². The number of nitro groups is 1. The summed E-state index contributed by atoms with van der Waals surface area (Å²) < 4.78 is 0. The first kappa shape index (κ1) is 14.4. The molecule has 0 saturated heterocycles. The number of pyridine rings is 1. The number of unbranched alkanes of at least 4 members (excludes halogenated alkanes) is 2. The van der Waals surface area contributed by atoms with Crippen LogP contribution >= 0.6 is 0 Å². The van der Waals surface area contributed by atoms with E-state index < -0.39 is 0 Å². The summed E-state index contributed by atoms with van der Waals surface area (Å²) >= 11 is 0. The standard InChI is InChI=1S/C13H21N3O2/c1-4-5-6-7-11(3)15-13-12(16(17)18)8-10(2)9-14-13/h8-9,11H,4-7H2,1-3H3,(H,14,15). The topological polar surface area (TPSA) is 68.1 Å². The third-order valence-corrected chi connectivity index (χ3v) is 2.82. The van der Waals surface area contributed by atoms with E-state index in [2.05, 4.69) is 17.2 Å². The molecule has 18 heavy (non-hydrogen) atoms. The van der Waals surface area contributed by atoms with Crippen LogP contribution in [0.1, 0.15) is 45.1 Å². The molecule has 0 aliphatic rings. The lowest BCUT2D eigenvalue weighted by Crippen LogP contribution is -2.17. The van der Waals surface area contributed by atoms with Crippen LogP contribution in [-0.4, -0.2) is 15.9 Å². The molecule has 1 unspecified atom stereocenters. The molecule has 5 nitrogen and oxygen atoms in total. The number of aromatic nitrogens is 1. The highest BCUT2D eigenvalue weighted by Gasteiger charge is 2.16. The second-order valence-corrected chi connectivity index (χ2v) is 4.68. The lowest BCUT2D eigenvalue weighted by atomic mass is 10.1. The molecule has 1 N–H and O–H groups in total. The highest BCUT2D eigenvalue weighted by atomic mass is 16.6. The monoisotopic (exact) mass is 251 g/mol. The maximum absolute atomic E-state index is 10.9. The van der Waals surface area contributed by atoms with Gasteiger partial charge in [0.05, 0.1) is 4.92 Å². The predicted molar refractivity (Wildman–Crippen MR) is 72.9 cm³/mol. The van der Waals surface area contributed by atoms with Crippen LogP contribution in [0.5, 0.6) is 0 Å². The number of nitrogens with zero attached hydrogens (tertiary/aromatic N) is 2. The van der Waals surface area contributed by atoms with Gasteiger partial charge in [-0.25, -0.2) is 4.98 Å². The first-order chi connectivity index (χ1) is 8.54. The normalized spacial score (nSPS) is 12.2. The van der Waals surface area contributed by atoms with Gasteiger partial charge in [0.15, 0.2) is 0 Å². The molecule has 1 aromatic heterocycles. The maximum Gasteiger partial charge on any atom is 0.311 e. The Labute approximate surface area is 108 Å². The second-order valence-electron chi connectivity index (χ2n) is 4.68. The van der Waals surface area contributed by atoms with Gasteiger partial charge in [-0.3, -0.25) is 10.1 Å². The third kappa shape index (κ3) is 4.31. The van der Waals surface area contributed by atoms with Crippen molar-refractivity contribution in [3.63, 3.8) is 0 Å². The predicted octanol–water partition coefficient (Wildman–Crippen LogP) is 3.68. The van der Waals surface area contributed by atoms with E-state index in [1.165, 1.54) is 12.8 Å². The summed E-state index contributed by atoms with van der Waals surface area (Å²) in [7, 11) is 0. The molecule has 5 heteroatoms. The van der Waals surface area contributed by atoms with E-state index in [-0.39, 0.29) is 16.7 Å². The van der Waals surface area contributed by atoms with Crippen molar-refractivity contribution in [2.24, 2.45) is 0 Å². The molecule has 0 saturated carbocycles. The Bertz CT molecular complexity index is 407. The number of hydrogen-bond acceptors (Lipinski definition) is 4. The molecule has 0 amide bonds. The second kappa shape index (κ2) is 6.93. The molecule has 0 aromatic carbocycles. The summed E-state index contributed by atoms with van der Waals surface area (Å²) in [5, 5.41) is 14.1. The van der Waals surface area contributed by atoms with Gasteiger partial charge in [-0.05, 0) is 25.8 Å². The van der Waals surface area contributed by atoms with E-state index >= 15 is 0 Å². The van der Waals surface area contributed by atoms with Crippen LogP contribution in [0.4, 0.5) is 11.5 Å². The zero-order chi connectivity index (χ0) is 13.5. The highest BCUT2D eigenvalue weighted by molar-refractivity contribution is 5.56. The summed E-state index contributed by atoms with van der Waals surface area (Å²) in [5.74, 6) is 0.370. The van der Waals surface area contributed by atoms with Gasteiger partial charge in [0.25, 0.3) is 0 Å². The summed E-state index contributed by atoms with van der Waals surface area (Å²) in [6.07, 6.45) is 6.14. The Morgan fingerprint density at radius 1 is 1.50 bits per heavy atom. The van der Waals surface area contributed by atoms with Crippen molar-refractivity contribution in [3.8, 4) is 0 Å². The average Bonchev–Trinajstić information content (AvgIpc) is 2.31. The Kier molecular flexibility index (Phi) is 5.55. The molecule has 0 aliphatic heterocycles. The average molecular weight is 251 g/mol. The summed E-state index contributed by atoms with van der Waals surface area (Å²) in [6.45, 7) is 5.99. The fourth-order valence-electron chi connectivity index (χ4n) is 1.81. The van der Waals surface area contributed by atoms with E-state index in [0.29, 0.717) is 5.82 Å². The van der Waals surface area contributed by atoms with Crippen molar-refractivity contribution in [2.45, 2.75) is 52.5 Å². The van der Waals surface area contributed by atoms with Gasteiger partial charge in [0, 0.05) is 18.3 Å². The third-order valence-electron chi connectivity index (χ3n) is 2.82. The van der Waals surface area contributed by atoms with Gasteiger partial charge in [-0.15, -0.1) is 0 Å². The molecule has 1 atom stereocenters. The van der Waals surface area contributed by atoms with Crippen LogP contribution in [0, 0.1) is 17.0 Å². The van der Waals surface area contributed by atoms with E-state index in [9.17, 15) is 10.1 Å². The zero-order valence-corrected chi connectivity index (χ0v) is 11.3. The van der Waals surface area contributed by atoms with Crippen LogP contribution in [0.3, 0.4) is 0 Å². The SMILES string of the molecule is CCCCCC(C)Nc1ncc(C)cc1[N+](=O)[O-]. The number of aryl methyl sites for hydroxylation is 1. The van der Waals surface area contributed by atoms with Gasteiger partial charge in [0.1, 0.15) is 0 Å². The Balaban J connectivity index is 2.68. The Morgan fingerprint density at radius 3 is 2.83 bits per heavy atom. The van der Waals surface area contributed by atoms with Crippen LogP contribution in [0.15, 0.2) is 12.3 Å². The van der Waals surface area contributed by atoms with Gasteiger partial charge in [-0.1, -0.05) is 26.2 Å². The fourth-order valence-corrected chi connectivity index (χ4v) is 1.81. The molecule has 100 valence electrons. The molecular formula is C13H21N3O2. The smallest absolute Gasteiger partial charge is 0.311 e. The highest BCUT2D eigenvalue weighted by Crippen LogP contribution is 2.23. The lowest BCUT2D eigenvalue weighted by Gasteiger charge is -2.14. The molecule has 0 aliphatic carbocycles. The van der Waals surface area contributed by atoms with Gasteiger partial charge >= 0.3 is 5.69 Å². The van der Waals surface area contributed by atoms with Gasteiger partial charge in [-0.2, -0.15) is 0 Å². The Morgan fingerprint density at radius 2 is 2.22 bits per heavy atom. The van der Waals surface area contributed by atoms with E-state index in [0.717, 1.165) is 18.4 Å². The van der Waals surface area contributed by atoms with E-state index in [1.807, 2.05) is 6.92 Å². The fraction of sp³-hybridized carbons (Fsp3) is 0.615. The maximum atomic E-state index is 10.9. The van der Waals surface area contributed by atoms with Crippen LogP contribution in [0.2, 0.25) is 0 Å². The molecule has 0 bridgehead atoms. The Hall–Kier alpha value is -1.65. The van der Waals surface area contributed by atoms with Crippen molar-refractivity contribution >= 4 is 11.5 Å².